The maximum Gasteiger partial charge on any atom is 0.361 e. The highest BCUT2D eigenvalue weighted by atomic mass is 16.7. The summed E-state index contributed by atoms with van der Waals surface area (Å²) < 4.78 is 23.0. The van der Waals surface area contributed by atoms with Crippen molar-refractivity contribution in [3.63, 3.8) is 0 Å². The summed E-state index contributed by atoms with van der Waals surface area (Å²) in [6.07, 6.45) is 98.8. The van der Waals surface area contributed by atoms with Gasteiger partial charge in [-0.1, -0.05) is 356 Å². The first-order valence-electron chi connectivity index (χ1n) is 39.8. The molecule has 9 heteroatoms. The van der Waals surface area contributed by atoms with Gasteiger partial charge >= 0.3 is 17.9 Å². The summed E-state index contributed by atoms with van der Waals surface area (Å²) in [5, 5.41) is 9.77. The average Bonchev–Trinajstić information content (AvgIpc) is 3.38. The number of likely N-dealkylation sites (N-methyl/N-ethyl adjacent to an activating group) is 1. The lowest BCUT2D eigenvalue weighted by Crippen LogP contribution is -2.40. The van der Waals surface area contributed by atoms with Crippen molar-refractivity contribution in [2.45, 2.75) is 386 Å². The van der Waals surface area contributed by atoms with Crippen molar-refractivity contribution in [1.29, 1.82) is 0 Å². The Bertz CT molecular complexity index is 1810. The normalized spacial score (nSPS) is 13.1. The number of carboxylic acids is 1. The number of rotatable bonds is 74. The second kappa shape index (κ2) is 74.3. The van der Waals surface area contributed by atoms with Crippen LogP contribution in [-0.4, -0.2) is 87.4 Å². The molecular formula is C84H152NO8+. The quantitative estimate of drug-likeness (QED) is 0.0211. The molecule has 2 atom stereocenters. The number of unbranched alkanes of at least 4 members (excludes halogenated alkanes) is 45. The molecule has 0 aromatic carbocycles. The van der Waals surface area contributed by atoms with Gasteiger partial charge in [0.05, 0.1) is 34.4 Å². The lowest BCUT2D eigenvalue weighted by Gasteiger charge is -2.25. The van der Waals surface area contributed by atoms with Crippen molar-refractivity contribution in [1.82, 2.24) is 0 Å². The van der Waals surface area contributed by atoms with Crippen molar-refractivity contribution in [3.8, 4) is 0 Å². The van der Waals surface area contributed by atoms with E-state index in [2.05, 4.69) is 98.9 Å². The van der Waals surface area contributed by atoms with Gasteiger partial charge < -0.3 is 28.5 Å². The number of hydrogen-bond acceptors (Lipinski definition) is 7. The van der Waals surface area contributed by atoms with Crippen LogP contribution in [0.5, 0.6) is 0 Å². The zero-order valence-corrected chi connectivity index (χ0v) is 61.9. The number of carbonyl (C=O) groups is 3. The third-order valence-electron chi connectivity index (χ3n) is 17.6. The van der Waals surface area contributed by atoms with Crippen molar-refractivity contribution in [2.24, 2.45) is 0 Å². The number of nitrogens with zero attached hydrogens (tertiary/aromatic N) is 1. The molecule has 0 aliphatic rings. The smallest absolute Gasteiger partial charge is 0.361 e. The molecule has 1 N–H and O–H groups in total. The predicted molar refractivity (Wildman–Crippen MR) is 401 cm³/mol. The average molecular weight is 1300 g/mol. The van der Waals surface area contributed by atoms with E-state index in [1.807, 2.05) is 21.1 Å². The van der Waals surface area contributed by atoms with Crippen LogP contribution in [0.25, 0.3) is 0 Å². The summed E-state index contributed by atoms with van der Waals surface area (Å²) in [4.78, 5) is 37.7. The number of hydrogen-bond donors (Lipinski definition) is 1. The van der Waals surface area contributed by atoms with Crippen LogP contribution in [0.4, 0.5) is 0 Å². The molecule has 0 amide bonds. The summed E-state index contributed by atoms with van der Waals surface area (Å²) in [5.41, 5.74) is 0. The molecule has 2 unspecified atom stereocenters. The van der Waals surface area contributed by atoms with Crippen LogP contribution >= 0.6 is 0 Å². The summed E-state index contributed by atoms with van der Waals surface area (Å²) in [7, 11) is 5.99. The summed E-state index contributed by atoms with van der Waals surface area (Å²) in [6.45, 7) is 4.80. The van der Waals surface area contributed by atoms with E-state index in [1.165, 1.54) is 270 Å². The molecule has 0 rings (SSSR count). The fourth-order valence-corrected chi connectivity index (χ4v) is 11.6. The van der Waals surface area contributed by atoms with Crippen LogP contribution in [-0.2, 0) is 33.3 Å². The first-order chi connectivity index (χ1) is 45.6. The number of esters is 2. The Morgan fingerprint density at radius 3 is 0.914 bits per heavy atom. The van der Waals surface area contributed by atoms with Gasteiger partial charge in [-0.05, 0) is 89.9 Å². The fourth-order valence-electron chi connectivity index (χ4n) is 11.6. The van der Waals surface area contributed by atoms with Crippen LogP contribution in [0.1, 0.15) is 373 Å². The highest BCUT2D eigenvalue weighted by Gasteiger charge is 2.25. The molecule has 0 spiro atoms. The summed E-state index contributed by atoms with van der Waals surface area (Å²) in [6, 6.07) is 0. The molecule has 0 heterocycles. The van der Waals surface area contributed by atoms with Crippen molar-refractivity contribution in [2.75, 3.05) is 47.5 Å². The second-order valence-electron chi connectivity index (χ2n) is 28.0. The third-order valence-corrected chi connectivity index (χ3v) is 17.6. The standard InChI is InChI=1S/C84H151NO8/c1-6-8-10-12-14-16-18-20-22-24-26-28-30-32-34-35-36-37-38-39-40-41-42-43-44-45-46-47-49-50-52-54-56-58-60-62-64-66-68-70-72-74-81(86)91-78-80(79-92-84(83(88)89)90-77-76-85(3,4)5)93-82(87)75-73-71-69-67-65-63-61-59-57-55-53-51-48-33-31-29-27-25-23-21-19-17-15-13-11-9-7-2/h9,11,15,17-18,20-21,23-24,26-27,29-30,32,80,84H,6-8,10,12-14,16,19,22,25,28,31,33-79H2,1-5H3/p+1/b11-9-,17-15-,20-18-,23-21-,26-24-,29-27-,32-30-. The van der Waals surface area contributed by atoms with Gasteiger partial charge in [-0.15, -0.1) is 0 Å². The van der Waals surface area contributed by atoms with Gasteiger partial charge in [-0.25, -0.2) is 4.79 Å². The van der Waals surface area contributed by atoms with Crippen LogP contribution in [0.2, 0.25) is 0 Å². The van der Waals surface area contributed by atoms with Crippen molar-refractivity contribution >= 4 is 17.9 Å². The van der Waals surface area contributed by atoms with Gasteiger partial charge in [-0.3, -0.25) is 9.59 Å². The number of carboxylic acid groups (broad SMARTS) is 1. The molecule has 0 aliphatic heterocycles. The maximum atomic E-state index is 13.0. The first kappa shape index (κ1) is 89.5. The molecule has 0 fully saturated rings. The molecule has 0 aromatic heterocycles. The van der Waals surface area contributed by atoms with E-state index in [4.69, 9.17) is 18.9 Å². The van der Waals surface area contributed by atoms with E-state index in [0.717, 1.165) is 77.0 Å². The Hall–Kier alpha value is -3.53. The van der Waals surface area contributed by atoms with Gasteiger partial charge in [0.15, 0.2) is 6.10 Å². The van der Waals surface area contributed by atoms with E-state index in [1.54, 1.807) is 0 Å². The van der Waals surface area contributed by atoms with Crippen LogP contribution in [0, 0.1) is 0 Å². The van der Waals surface area contributed by atoms with E-state index < -0.39 is 24.3 Å². The number of quaternary nitrogens is 1. The number of allylic oxidation sites excluding steroid dienone is 14. The van der Waals surface area contributed by atoms with Gasteiger partial charge in [0.1, 0.15) is 13.2 Å². The monoisotopic (exact) mass is 1300 g/mol. The Kier molecular flexibility index (Phi) is 71.4. The topological polar surface area (TPSA) is 108 Å². The maximum absolute atomic E-state index is 13.0. The lowest BCUT2D eigenvalue weighted by atomic mass is 10.0. The fraction of sp³-hybridized carbons (Fsp3) is 0.798. The SMILES string of the molecule is CC/C=C\C/C=C\C/C=C\C/C=C\CCCCCCCCCCCCCCCCC(=O)OC(COC(=O)CCCCCCCCCCCCCCCCCCCCCCCCCCCC/C=C\C/C=C\C/C=C\CCCCCCC)COC(OCC[N+](C)(C)C)C(=O)O. The zero-order valence-electron chi connectivity index (χ0n) is 61.9. The van der Waals surface area contributed by atoms with E-state index in [9.17, 15) is 19.5 Å². The molecular weight excluding hydrogens is 1150 g/mol. The zero-order chi connectivity index (χ0) is 67.5. The van der Waals surface area contributed by atoms with Gasteiger partial charge in [0.25, 0.3) is 6.29 Å². The van der Waals surface area contributed by atoms with E-state index in [0.29, 0.717) is 17.4 Å². The highest BCUT2D eigenvalue weighted by molar-refractivity contribution is 5.71. The minimum Gasteiger partial charge on any atom is -0.477 e. The largest absolute Gasteiger partial charge is 0.477 e. The molecule has 540 valence electrons. The highest BCUT2D eigenvalue weighted by Crippen LogP contribution is 2.19. The van der Waals surface area contributed by atoms with Crippen molar-refractivity contribution < 1.29 is 42.9 Å². The second-order valence-corrected chi connectivity index (χ2v) is 28.0. The third kappa shape index (κ3) is 75.7. The number of ether oxygens (including phenoxy) is 4. The molecule has 0 radical (unpaired) electrons. The van der Waals surface area contributed by atoms with E-state index >= 15 is 0 Å². The molecule has 9 nitrogen and oxygen atoms in total. The molecule has 0 aliphatic carbocycles. The van der Waals surface area contributed by atoms with Gasteiger partial charge in [0, 0.05) is 12.8 Å². The Morgan fingerprint density at radius 1 is 0.333 bits per heavy atom. The lowest BCUT2D eigenvalue weighted by molar-refractivity contribution is -0.870. The van der Waals surface area contributed by atoms with Crippen LogP contribution in [0.3, 0.4) is 0 Å². The molecule has 0 bridgehead atoms. The Labute approximate surface area is 576 Å². The molecule has 0 aromatic rings. The predicted octanol–water partition coefficient (Wildman–Crippen LogP) is 25.4. The molecule has 93 heavy (non-hydrogen) atoms. The molecule has 0 saturated carbocycles. The van der Waals surface area contributed by atoms with Gasteiger partial charge in [-0.2, -0.15) is 0 Å². The first-order valence-corrected chi connectivity index (χ1v) is 39.8. The Morgan fingerprint density at radius 2 is 0.613 bits per heavy atom. The Balaban J connectivity index is 3.95. The van der Waals surface area contributed by atoms with Gasteiger partial charge in [0.2, 0.25) is 0 Å². The summed E-state index contributed by atoms with van der Waals surface area (Å²) in [5.74, 6) is -1.98. The minimum absolute atomic E-state index is 0.180. The number of carbonyl (C=O) groups excluding carboxylic acids is 2. The van der Waals surface area contributed by atoms with Crippen LogP contribution < -0.4 is 0 Å². The van der Waals surface area contributed by atoms with Crippen molar-refractivity contribution in [3.05, 3.63) is 85.1 Å². The number of aliphatic carboxylic acids is 1. The minimum atomic E-state index is -1.51. The van der Waals surface area contributed by atoms with Crippen LogP contribution in [0.15, 0.2) is 85.1 Å². The molecule has 0 saturated heterocycles. The summed E-state index contributed by atoms with van der Waals surface area (Å²) >= 11 is 0. The van der Waals surface area contributed by atoms with E-state index in [-0.39, 0.29) is 32.2 Å².